The summed E-state index contributed by atoms with van der Waals surface area (Å²) in [4.78, 5) is 12.8. The average Bonchev–Trinajstić information content (AvgIpc) is 2.82. The van der Waals surface area contributed by atoms with Crippen LogP contribution in [0.4, 0.5) is 11.9 Å². The number of thioether (sulfide) groups is 1. The SMILES string of the molecule is CCNc1nc(NC2CCSC2)nc(OCC)n1. The highest BCUT2D eigenvalue weighted by Gasteiger charge is 2.17. The fourth-order valence-electron chi connectivity index (χ4n) is 1.68. The van der Waals surface area contributed by atoms with E-state index < -0.39 is 0 Å². The first-order chi connectivity index (χ1) is 8.81. The Morgan fingerprint density at radius 2 is 2.11 bits per heavy atom. The van der Waals surface area contributed by atoms with E-state index in [0.717, 1.165) is 18.7 Å². The molecule has 1 aromatic heterocycles. The Balaban J connectivity index is 2.10. The number of hydrogen-bond acceptors (Lipinski definition) is 7. The molecule has 18 heavy (non-hydrogen) atoms. The van der Waals surface area contributed by atoms with Gasteiger partial charge >= 0.3 is 6.01 Å². The van der Waals surface area contributed by atoms with Crippen molar-refractivity contribution in [3.63, 3.8) is 0 Å². The normalized spacial score (nSPS) is 18.7. The molecule has 1 aromatic rings. The molecule has 2 heterocycles. The summed E-state index contributed by atoms with van der Waals surface area (Å²) in [6.45, 7) is 5.24. The fraction of sp³-hybridized carbons (Fsp3) is 0.727. The number of ether oxygens (including phenoxy) is 1. The van der Waals surface area contributed by atoms with Gasteiger partial charge in [-0.25, -0.2) is 0 Å². The van der Waals surface area contributed by atoms with Crippen molar-refractivity contribution < 1.29 is 4.74 Å². The Bertz CT molecular complexity index is 359. The van der Waals surface area contributed by atoms with Crippen molar-refractivity contribution in [2.75, 3.05) is 35.3 Å². The van der Waals surface area contributed by atoms with E-state index in [2.05, 4.69) is 25.6 Å². The average molecular weight is 269 g/mol. The smallest absolute Gasteiger partial charge is 0.323 e. The minimum Gasteiger partial charge on any atom is -0.464 e. The first-order valence-corrected chi connectivity index (χ1v) is 7.44. The molecule has 1 saturated heterocycles. The molecule has 0 amide bonds. The van der Waals surface area contributed by atoms with Gasteiger partial charge in [0.2, 0.25) is 11.9 Å². The Labute approximate surface area is 111 Å². The van der Waals surface area contributed by atoms with Gasteiger partial charge < -0.3 is 15.4 Å². The van der Waals surface area contributed by atoms with Crippen molar-refractivity contribution in [1.82, 2.24) is 15.0 Å². The maximum atomic E-state index is 5.35. The molecule has 6 nitrogen and oxygen atoms in total. The van der Waals surface area contributed by atoms with Crippen LogP contribution in [0.25, 0.3) is 0 Å². The van der Waals surface area contributed by atoms with Crippen molar-refractivity contribution in [3.8, 4) is 6.01 Å². The molecule has 1 aliphatic heterocycles. The van der Waals surface area contributed by atoms with Crippen molar-refractivity contribution >= 4 is 23.7 Å². The van der Waals surface area contributed by atoms with Crippen LogP contribution in [-0.2, 0) is 0 Å². The van der Waals surface area contributed by atoms with E-state index in [-0.39, 0.29) is 0 Å². The topological polar surface area (TPSA) is 72.0 Å². The standard InChI is InChI=1S/C11H19N5OS/c1-3-12-9-14-10(13-8-5-6-18-7-8)16-11(15-9)17-4-2/h8H,3-7H2,1-2H3,(H2,12,13,14,15,16). The second-order valence-corrected chi connectivity index (χ2v) is 5.08. The van der Waals surface area contributed by atoms with Crippen molar-refractivity contribution in [3.05, 3.63) is 0 Å². The predicted molar refractivity (Wildman–Crippen MR) is 74.5 cm³/mol. The highest BCUT2D eigenvalue weighted by Crippen LogP contribution is 2.21. The Hall–Kier alpha value is -1.24. The molecular formula is C11H19N5OS. The predicted octanol–water partition coefficient (Wildman–Crippen LogP) is 1.62. The summed E-state index contributed by atoms with van der Waals surface area (Å²) < 4.78 is 5.35. The van der Waals surface area contributed by atoms with Crippen molar-refractivity contribution in [1.29, 1.82) is 0 Å². The molecule has 0 radical (unpaired) electrons. The van der Waals surface area contributed by atoms with Gasteiger partial charge in [-0.05, 0) is 26.0 Å². The Kier molecular flexibility index (Phi) is 4.86. The zero-order chi connectivity index (χ0) is 12.8. The first-order valence-electron chi connectivity index (χ1n) is 6.28. The van der Waals surface area contributed by atoms with Crippen molar-refractivity contribution in [2.45, 2.75) is 26.3 Å². The molecule has 100 valence electrons. The first kappa shape index (κ1) is 13.2. The molecule has 2 rings (SSSR count). The van der Waals surface area contributed by atoms with E-state index in [9.17, 15) is 0 Å². The van der Waals surface area contributed by atoms with Gasteiger partial charge in [0.05, 0.1) is 6.61 Å². The second kappa shape index (κ2) is 6.63. The maximum Gasteiger partial charge on any atom is 0.323 e. The van der Waals surface area contributed by atoms with Gasteiger partial charge in [0, 0.05) is 18.3 Å². The van der Waals surface area contributed by atoms with Gasteiger partial charge in [-0.1, -0.05) is 0 Å². The summed E-state index contributed by atoms with van der Waals surface area (Å²) in [5.41, 5.74) is 0. The van der Waals surface area contributed by atoms with Crippen LogP contribution < -0.4 is 15.4 Å². The van der Waals surface area contributed by atoms with Crippen LogP contribution in [-0.4, -0.2) is 45.7 Å². The third-order valence-corrected chi connectivity index (χ3v) is 3.65. The number of nitrogens with zero attached hydrogens (tertiary/aromatic N) is 3. The lowest BCUT2D eigenvalue weighted by atomic mass is 10.3. The zero-order valence-electron chi connectivity index (χ0n) is 10.8. The summed E-state index contributed by atoms with van der Waals surface area (Å²) >= 11 is 1.95. The molecule has 0 aliphatic carbocycles. The summed E-state index contributed by atoms with van der Waals surface area (Å²) in [7, 11) is 0. The van der Waals surface area contributed by atoms with E-state index in [1.165, 1.54) is 5.75 Å². The van der Waals surface area contributed by atoms with Gasteiger partial charge in [-0.3, -0.25) is 0 Å². The van der Waals surface area contributed by atoms with Crippen LogP contribution in [0.1, 0.15) is 20.3 Å². The third-order valence-electron chi connectivity index (χ3n) is 2.49. The van der Waals surface area contributed by atoms with E-state index in [4.69, 9.17) is 4.74 Å². The summed E-state index contributed by atoms with van der Waals surface area (Å²) in [5, 5.41) is 6.42. The lowest BCUT2D eigenvalue weighted by Crippen LogP contribution is -2.21. The number of rotatable bonds is 6. The van der Waals surface area contributed by atoms with Crippen LogP contribution in [0.15, 0.2) is 0 Å². The molecule has 0 bridgehead atoms. The van der Waals surface area contributed by atoms with Crippen LogP contribution in [0.3, 0.4) is 0 Å². The molecule has 0 spiro atoms. The molecule has 7 heteroatoms. The van der Waals surface area contributed by atoms with Crippen LogP contribution in [0.5, 0.6) is 6.01 Å². The Morgan fingerprint density at radius 3 is 2.78 bits per heavy atom. The van der Waals surface area contributed by atoms with Gasteiger partial charge in [0.25, 0.3) is 0 Å². The molecule has 0 aromatic carbocycles. The lowest BCUT2D eigenvalue weighted by Gasteiger charge is -2.13. The fourth-order valence-corrected chi connectivity index (χ4v) is 2.84. The second-order valence-electron chi connectivity index (χ2n) is 3.93. The largest absolute Gasteiger partial charge is 0.464 e. The number of anilines is 2. The Morgan fingerprint density at radius 1 is 1.28 bits per heavy atom. The molecule has 1 unspecified atom stereocenters. The third kappa shape index (κ3) is 3.63. The number of hydrogen-bond donors (Lipinski definition) is 2. The lowest BCUT2D eigenvalue weighted by molar-refractivity contribution is 0.312. The van der Waals surface area contributed by atoms with Gasteiger partial charge in [0.15, 0.2) is 0 Å². The summed E-state index contributed by atoms with van der Waals surface area (Å²) in [5.74, 6) is 3.45. The van der Waals surface area contributed by atoms with Crippen molar-refractivity contribution in [2.24, 2.45) is 0 Å². The molecule has 1 atom stereocenters. The van der Waals surface area contributed by atoms with Crippen LogP contribution in [0.2, 0.25) is 0 Å². The maximum absolute atomic E-state index is 5.35. The van der Waals surface area contributed by atoms with Gasteiger partial charge in [-0.2, -0.15) is 26.7 Å². The highest BCUT2D eigenvalue weighted by molar-refractivity contribution is 7.99. The molecule has 1 fully saturated rings. The van der Waals surface area contributed by atoms with E-state index in [0.29, 0.717) is 30.6 Å². The molecule has 1 aliphatic rings. The van der Waals surface area contributed by atoms with Crippen LogP contribution in [0, 0.1) is 0 Å². The monoisotopic (exact) mass is 269 g/mol. The quantitative estimate of drug-likeness (QED) is 0.813. The van der Waals surface area contributed by atoms with Crippen LogP contribution >= 0.6 is 11.8 Å². The van der Waals surface area contributed by atoms with Gasteiger partial charge in [0.1, 0.15) is 0 Å². The van der Waals surface area contributed by atoms with E-state index in [1.54, 1.807) is 0 Å². The zero-order valence-corrected chi connectivity index (χ0v) is 11.6. The highest BCUT2D eigenvalue weighted by atomic mass is 32.2. The molecule has 2 N–H and O–H groups in total. The minimum absolute atomic E-state index is 0.372. The number of aromatic nitrogens is 3. The van der Waals surface area contributed by atoms with Gasteiger partial charge in [-0.15, -0.1) is 0 Å². The number of nitrogens with one attached hydrogen (secondary N) is 2. The van der Waals surface area contributed by atoms with E-state index >= 15 is 0 Å². The molecular weight excluding hydrogens is 250 g/mol. The summed E-state index contributed by atoms with van der Waals surface area (Å²) in [6, 6.07) is 0.818. The summed E-state index contributed by atoms with van der Waals surface area (Å²) in [6.07, 6.45) is 1.15. The van der Waals surface area contributed by atoms with E-state index in [1.807, 2.05) is 25.6 Å². The molecule has 0 saturated carbocycles. The minimum atomic E-state index is 0.372.